The van der Waals surface area contributed by atoms with Gasteiger partial charge in [0.1, 0.15) is 6.26 Å². The third-order valence-electron chi connectivity index (χ3n) is 4.59. The number of furan rings is 1. The van der Waals surface area contributed by atoms with E-state index in [1.165, 1.54) is 21.3 Å². The van der Waals surface area contributed by atoms with Gasteiger partial charge in [0, 0.05) is 31.4 Å². The van der Waals surface area contributed by atoms with Gasteiger partial charge in [0.05, 0.1) is 10.5 Å². The zero-order valence-electron chi connectivity index (χ0n) is 15.0. The molecule has 2 aromatic rings. The fourth-order valence-electron chi connectivity index (χ4n) is 3.16. The number of hydrogen-bond donors (Lipinski definition) is 1. The van der Waals surface area contributed by atoms with E-state index in [9.17, 15) is 18.0 Å². The van der Waals surface area contributed by atoms with Crippen molar-refractivity contribution in [3.63, 3.8) is 0 Å². The van der Waals surface area contributed by atoms with E-state index in [-0.39, 0.29) is 16.2 Å². The highest BCUT2D eigenvalue weighted by molar-refractivity contribution is 7.89. The minimum atomic E-state index is -3.57. The molecule has 0 radical (unpaired) electrons. The monoisotopic (exact) mass is 392 g/mol. The quantitative estimate of drug-likeness (QED) is 0.807. The summed E-state index contributed by atoms with van der Waals surface area (Å²) in [5.41, 5.74) is 1.26. The van der Waals surface area contributed by atoms with E-state index in [4.69, 9.17) is 9.52 Å². The lowest BCUT2D eigenvalue weighted by Crippen LogP contribution is -2.30. The second-order valence-electron chi connectivity index (χ2n) is 6.09. The molecule has 0 bridgehead atoms. The van der Waals surface area contributed by atoms with Crippen LogP contribution in [0.1, 0.15) is 40.3 Å². The van der Waals surface area contributed by atoms with Gasteiger partial charge in [0.25, 0.3) is 5.91 Å². The zero-order valence-corrected chi connectivity index (χ0v) is 15.8. The first kappa shape index (κ1) is 19.1. The van der Waals surface area contributed by atoms with Crippen LogP contribution in [0.5, 0.6) is 0 Å². The lowest BCUT2D eigenvalue weighted by molar-refractivity contribution is 0.0696. The van der Waals surface area contributed by atoms with Crippen molar-refractivity contribution in [3.8, 4) is 0 Å². The Morgan fingerprint density at radius 2 is 1.93 bits per heavy atom. The van der Waals surface area contributed by atoms with Gasteiger partial charge in [0.2, 0.25) is 10.0 Å². The van der Waals surface area contributed by atoms with Crippen LogP contribution in [0.15, 0.2) is 39.8 Å². The van der Waals surface area contributed by atoms with Gasteiger partial charge in [-0.15, -0.1) is 0 Å². The summed E-state index contributed by atoms with van der Waals surface area (Å²) in [5, 5.41) is 8.95. The van der Waals surface area contributed by atoms with Crippen molar-refractivity contribution >= 4 is 27.6 Å². The Labute approximate surface area is 157 Å². The number of carbonyl (C=O) groups is 2. The van der Waals surface area contributed by atoms with Crippen LogP contribution in [0.3, 0.4) is 0 Å². The second kappa shape index (κ2) is 7.16. The van der Waals surface area contributed by atoms with Crippen molar-refractivity contribution in [3.05, 3.63) is 47.4 Å². The Morgan fingerprint density at radius 3 is 2.52 bits per heavy atom. The molecular formula is C18H20N2O6S. The summed E-state index contributed by atoms with van der Waals surface area (Å²) in [6.07, 6.45) is 1.53. The molecule has 1 aromatic carbocycles. The molecule has 1 aliphatic heterocycles. The smallest absolute Gasteiger partial charge is 0.338 e. The third kappa shape index (κ3) is 3.35. The van der Waals surface area contributed by atoms with Crippen LogP contribution >= 0.6 is 0 Å². The fourth-order valence-corrected chi connectivity index (χ4v) is 4.66. The molecule has 3 rings (SSSR count). The summed E-state index contributed by atoms with van der Waals surface area (Å²) < 4.78 is 31.8. The summed E-state index contributed by atoms with van der Waals surface area (Å²) in [5.74, 6) is -1.70. The van der Waals surface area contributed by atoms with Crippen molar-refractivity contribution in [2.45, 2.75) is 25.2 Å². The molecule has 0 fully saturated rings. The van der Waals surface area contributed by atoms with E-state index in [0.29, 0.717) is 31.7 Å². The number of benzene rings is 1. The Morgan fingerprint density at radius 1 is 1.22 bits per heavy atom. The summed E-state index contributed by atoms with van der Waals surface area (Å²) in [4.78, 5) is 25.3. The summed E-state index contributed by atoms with van der Waals surface area (Å²) in [6.45, 7) is 4.69. The molecule has 27 heavy (non-hydrogen) atoms. The Kier molecular flexibility index (Phi) is 5.07. The predicted molar refractivity (Wildman–Crippen MR) is 97.6 cm³/mol. The summed E-state index contributed by atoms with van der Waals surface area (Å²) >= 11 is 0. The molecule has 144 valence electrons. The number of aromatic carboxylic acids is 1. The van der Waals surface area contributed by atoms with Gasteiger partial charge in [-0.05, 0) is 30.2 Å². The first-order valence-corrected chi connectivity index (χ1v) is 10.00. The number of carboxylic acids is 1. The molecule has 0 aliphatic carbocycles. The summed E-state index contributed by atoms with van der Waals surface area (Å²) in [7, 11) is -3.57. The Hall–Kier alpha value is -2.65. The summed E-state index contributed by atoms with van der Waals surface area (Å²) in [6, 6.07) is 5.88. The molecule has 2 heterocycles. The van der Waals surface area contributed by atoms with Crippen LogP contribution in [0.4, 0.5) is 5.69 Å². The minimum absolute atomic E-state index is 0.0694. The van der Waals surface area contributed by atoms with Gasteiger partial charge >= 0.3 is 5.97 Å². The number of nitrogens with zero attached hydrogens (tertiary/aromatic N) is 2. The number of anilines is 1. The van der Waals surface area contributed by atoms with E-state index in [2.05, 4.69) is 0 Å². The van der Waals surface area contributed by atoms with Gasteiger partial charge < -0.3 is 14.4 Å². The lowest BCUT2D eigenvalue weighted by Gasteiger charge is -2.20. The van der Waals surface area contributed by atoms with Crippen LogP contribution in [-0.4, -0.2) is 49.3 Å². The number of hydrogen-bond acceptors (Lipinski definition) is 5. The lowest BCUT2D eigenvalue weighted by atomic mass is 10.2. The topological polar surface area (TPSA) is 108 Å². The van der Waals surface area contributed by atoms with Gasteiger partial charge in [-0.25, -0.2) is 13.2 Å². The highest BCUT2D eigenvalue weighted by atomic mass is 32.2. The van der Waals surface area contributed by atoms with Crippen LogP contribution in [-0.2, 0) is 16.4 Å². The van der Waals surface area contributed by atoms with Gasteiger partial charge in [-0.1, -0.05) is 13.8 Å². The van der Waals surface area contributed by atoms with E-state index in [0.717, 1.165) is 11.8 Å². The first-order chi connectivity index (χ1) is 12.8. The average molecular weight is 392 g/mol. The number of rotatable bonds is 6. The molecule has 8 nitrogen and oxygen atoms in total. The molecule has 0 unspecified atom stereocenters. The van der Waals surface area contributed by atoms with Crippen molar-refractivity contribution in [2.24, 2.45) is 0 Å². The largest absolute Gasteiger partial charge is 0.478 e. The normalized spacial score (nSPS) is 13.8. The van der Waals surface area contributed by atoms with Crippen molar-refractivity contribution < 1.29 is 27.5 Å². The maximum Gasteiger partial charge on any atom is 0.338 e. The molecule has 1 aromatic heterocycles. The van der Waals surface area contributed by atoms with E-state index < -0.39 is 21.9 Å². The Bertz CT molecular complexity index is 991. The van der Waals surface area contributed by atoms with Crippen LogP contribution in [0.2, 0.25) is 0 Å². The molecule has 1 aliphatic rings. The molecule has 0 atom stereocenters. The predicted octanol–water partition coefficient (Wildman–Crippen LogP) is 2.21. The standard InChI is InChI=1S/C18H20N2O6S/c1-3-19(4-2)27(24,25)14-5-6-15-12(9-14)7-8-20(15)17(21)16-10-13(11-26-16)18(22)23/h5-6,9-11H,3-4,7-8H2,1-2H3,(H,22,23). The zero-order chi connectivity index (χ0) is 19.8. The van der Waals surface area contributed by atoms with Gasteiger partial charge in [-0.3, -0.25) is 4.79 Å². The third-order valence-corrected chi connectivity index (χ3v) is 6.64. The minimum Gasteiger partial charge on any atom is -0.478 e. The maximum atomic E-state index is 12.7. The highest BCUT2D eigenvalue weighted by Gasteiger charge is 2.30. The first-order valence-electron chi connectivity index (χ1n) is 8.56. The molecular weight excluding hydrogens is 372 g/mol. The SMILES string of the molecule is CCN(CC)S(=O)(=O)c1ccc2c(c1)CCN2C(=O)c1cc(C(=O)O)co1. The molecule has 0 saturated heterocycles. The molecule has 0 saturated carbocycles. The van der Waals surface area contributed by atoms with Crippen LogP contribution in [0.25, 0.3) is 0 Å². The maximum absolute atomic E-state index is 12.7. The number of fused-ring (bicyclic) bond motifs is 1. The van der Waals surface area contributed by atoms with E-state index in [1.807, 2.05) is 0 Å². The average Bonchev–Trinajstić information content (AvgIpc) is 3.29. The molecule has 1 amide bonds. The number of carbonyl (C=O) groups excluding carboxylic acids is 1. The van der Waals surface area contributed by atoms with E-state index >= 15 is 0 Å². The number of sulfonamides is 1. The number of carboxylic acid groups (broad SMARTS) is 1. The molecule has 1 N–H and O–H groups in total. The van der Waals surface area contributed by atoms with Crippen molar-refractivity contribution in [1.82, 2.24) is 4.31 Å². The molecule has 0 spiro atoms. The van der Waals surface area contributed by atoms with Crippen LogP contribution < -0.4 is 4.90 Å². The fraction of sp³-hybridized carbons (Fsp3) is 0.333. The van der Waals surface area contributed by atoms with Crippen molar-refractivity contribution in [1.29, 1.82) is 0 Å². The highest BCUT2D eigenvalue weighted by Crippen LogP contribution is 2.32. The number of amides is 1. The van der Waals surface area contributed by atoms with Crippen molar-refractivity contribution in [2.75, 3.05) is 24.5 Å². The van der Waals surface area contributed by atoms with Crippen LogP contribution in [0, 0.1) is 0 Å². The Balaban J connectivity index is 1.90. The van der Waals surface area contributed by atoms with E-state index in [1.54, 1.807) is 26.0 Å². The second-order valence-corrected chi connectivity index (χ2v) is 8.03. The van der Waals surface area contributed by atoms with Gasteiger partial charge in [0.15, 0.2) is 5.76 Å². The van der Waals surface area contributed by atoms with Gasteiger partial charge in [-0.2, -0.15) is 4.31 Å². The molecule has 9 heteroatoms.